The quantitative estimate of drug-likeness (QED) is 0.259. The molecule has 0 aromatic carbocycles. The summed E-state index contributed by atoms with van der Waals surface area (Å²) >= 11 is 0. The van der Waals surface area contributed by atoms with Gasteiger partial charge in [-0.3, -0.25) is 4.89 Å². The van der Waals surface area contributed by atoms with Gasteiger partial charge in [0, 0.05) is 35.1 Å². The van der Waals surface area contributed by atoms with E-state index in [1.54, 1.807) is 13.8 Å². The van der Waals surface area contributed by atoms with E-state index >= 15 is 0 Å². The molecule has 3 nitrogen and oxygen atoms in total. The normalized spacial score (nSPS) is 7.80. The van der Waals surface area contributed by atoms with Crippen molar-refractivity contribution in [3.8, 4) is 0 Å². The van der Waals surface area contributed by atoms with Gasteiger partial charge in [-0.2, -0.15) is 4.89 Å². The minimum atomic E-state index is -0.517. The van der Waals surface area contributed by atoms with Gasteiger partial charge in [0.1, 0.15) is 0 Å². The van der Waals surface area contributed by atoms with E-state index < -0.39 is 5.97 Å². The molecule has 0 saturated heterocycles. The molecule has 1 radical (unpaired) electrons. The van der Waals surface area contributed by atoms with Crippen molar-refractivity contribution in [3.05, 3.63) is 12.2 Å². The molecule has 0 atom stereocenters. The van der Waals surface area contributed by atoms with Crippen molar-refractivity contribution in [3.63, 3.8) is 0 Å². The average Bonchev–Trinajstić information content (AvgIpc) is 1.82. The fourth-order valence-electron chi connectivity index (χ4n) is 0.184. The Balaban J connectivity index is 0. The second-order valence-corrected chi connectivity index (χ2v) is 1.56. The molecular weight excluding hydrogens is 143 g/mol. The number of hydrogen-bond donors (Lipinski definition) is 0. The Bertz CT molecular complexity index is 122. The van der Waals surface area contributed by atoms with Crippen LogP contribution in [-0.2, 0) is 14.6 Å². The molecule has 0 heterocycles. The third kappa shape index (κ3) is 6.29. The van der Waals surface area contributed by atoms with Gasteiger partial charge >= 0.3 is 5.97 Å². The van der Waals surface area contributed by atoms with E-state index in [1.807, 2.05) is 0 Å². The third-order valence-corrected chi connectivity index (χ3v) is 0.601. The van der Waals surface area contributed by atoms with E-state index in [-0.39, 0.29) is 29.6 Å². The maximum Gasteiger partial charge on any atom is 0.368 e. The van der Waals surface area contributed by atoms with E-state index in [0.29, 0.717) is 12.2 Å². The van der Waals surface area contributed by atoms with Gasteiger partial charge in [0.05, 0.1) is 6.61 Å². The summed E-state index contributed by atoms with van der Waals surface area (Å²) < 4.78 is 0. The first kappa shape index (κ1) is 12.8. The molecule has 0 bridgehead atoms. The van der Waals surface area contributed by atoms with Crippen molar-refractivity contribution in [1.29, 1.82) is 0 Å². The summed E-state index contributed by atoms with van der Waals surface area (Å²) in [7, 11) is 0. The van der Waals surface area contributed by atoms with Gasteiger partial charge in [-0.15, -0.1) is 0 Å². The summed E-state index contributed by atoms with van der Waals surface area (Å²) in [6.07, 6.45) is 0. The monoisotopic (exact) mass is 153 g/mol. The van der Waals surface area contributed by atoms with Crippen LogP contribution >= 0.6 is 0 Å². The molecule has 0 aliphatic carbocycles. The topological polar surface area (TPSA) is 35.5 Å². The number of carbonyl (C=O) groups excluding carboxylic acids is 1. The number of hydrogen-bond acceptors (Lipinski definition) is 3. The molecule has 0 rings (SSSR count). The summed E-state index contributed by atoms with van der Waals surface area (Å²) in [4.78, 5) is 19.0. The van der Waals surface area contributed by atoms with Gasteiger partial charge in [0.25, 0.3) is 0 Å². The van der Waals surface area contributed by atoms with E-state index in [2.05, 4.69) is 16.4 Å². The first-order valence-electron chi connectivity index (χ1n) is 2.67. The molecule has 0 aliphatic rings. The minimum absolute atomic E-state index is 0. The SMILES string of the molecule is C=C(C)C(=O)OOCC.[Na]. The number of carbonyl (C=O) groups is 1. The van der Waals surface area contributed by atoms with Gasteiger partial charge < -0.3 is 0 Å². The molecule has 0 fully saturated rings. The molecule has 53 valence electrons. The van der Waals surface area contributed by atoms with Gasteiger partial charge in [0.15, 0.2) is 0 Å². The van der Waals surface area contributed by atoms with Gasteiger partial charge in [-0.05, 0) is 13.8 Å². The second-order valence-electron chi connectivity index (χ2n) is 1.56. The zero-order valence-electron chi connectivity index (χ0n) is 6.64. The fourth-order valence-corrected chi connectivity index (χ4v) is 0.184. The summed E-state index contributed by atoms with van der Waals surface area (Å²) in [5, 5.41) is 0. The molecule has 0 spiro atoms. The van der Waals surface area contributed by atoms with Crippen LogP contribution < -0.4 is 0 Å². The fraction of sp³-hybridized carbons (Fsp3) is 0.500. The Hall–Kier alpha value is 0.170. The van der Waals surface area contributed by atoms with Crippen LogP contribution in [0.3, 0.4) is 0 Å². The molecule has 0 aromatic rings. The molecule has 10 heavy (non-hydrogen) atoms. The molecular formula is C6H10NaO3. The van der Waals surface area contributed by atoms with Gasteiger partial charge in [0.2, 0.25) is 0 Å². The zero-order valence-corrected chi connectivity index (χ0v) is 8.64. The number of rotatable bonds is 3. The first-order valence-corrected chi connectivity index (χ1v) is 2.67. The molecule has 0 saturated carbocycles. The van der Waals surface area contributed by atoms with Crippen molar-refractivity contribution in [2.45, 2.75) is 13.8 Å². The van der Waals surface area contributed by atoms with Gasteiger partial charge in [-0.25, -0.2) is 4.79 Å². The van der Waals surface area contributed by atoms with Crippen LogP contribution in [-0.4, -0.2) is 42.1 Å². The molecule has 0 unspecified atom stereocenters. The summed E-state index contributed by atoms with van der Waals surface area (Å²) in [5.74, 6) is -0.517. The smallest absolute Gasteiger partial charge is 0.293 e. The minimum Gasteiger partial charge on any atom is -0.293 e. The maximum atomic E-state index is 10.5. The summed E-state index contributed by atoms with van der Waals surface area (Å²) in [6, 6.07) is 0. The first-order chi connectivity index (χ1) is 4.18. The molecule has 0 amide bonds. The molecule has 4 heteroatoms. The van der Waals surface area contributed by atoms with Crippen molar-refractivity contribution in [2.75, 3.05) is 6.61 Å². The van der Waals surface area contributed by atoms with E-state index in [1.165, 1.54) is 0 Å². The maximum absolute atomic E-state index is 10.5. The van der Waals surface area contributed by atoms with Crippen LogP contribution in [0.2, 0.25) is 0 Å². The average molecular weight is 153 g/mol. The van der Waals surface area contributed by atoms with E-state index in [4.69, 9.17) is 0 Å². The van der Waals surface area contributed by atoms with Crippen LogP contribution in [0.15, 0.2) is 12.2 Å². The third-order valence-electron chi connectivity index (χ3n) is 0.601. The zero-order chi connectivity index (χ0) is 7.28. The predicted molar refractivity (Wildman–Crippen MR) is 38.3 cm³/mol. The predicted octanol–water partition coefficient (Wildman–Crippen LogP) is 0.676. The van der Waals surface area contributed by atoms with Crippen LogP contribution in [0.4, 0.5) is 0 Å². The van der Waals surface area contributed by atoms with Crippen LogP contribution in [0.25, 0.3) is 0 Å². The molecule has 0 aromatic heterocycles. The van der Waals surface area contributed by atoms with E-state index in [0.717, 1.165) is 0 Å². The van der Waals surface area contributed by atoms with Crippen molar-refractivity contribution >= 4 is 35.5 Å². The largest absolute Gasteiger partial charge is 0.368 e. The summed E-state index contributed by atoms with van der Waals surface area (Å²) in [5.41, 5.74) is 0.337. The molecule has 0 N–H and O–H groups in total. The van der Waals surface area contributed by atoms with Crippen molar-refractivity contribution in [2.24, 2.45) is 0 Å². The van der Waals surface area contributed by atoms with Crippen LogP contribution in [0.1, 0.15) is 13.8 Å². The summed E-state index contributed by atoms with van der Waals surface area (Å²) in [6.45, 7) is 7.00. The Kier molecular flexibility index (Phi) is 9.33. The van der Waals surface area contributed by atoms with Gasteiger partial charge in [-0.1, -0.05) is 6.58 Å². The Morgan fingerprint density at radius 3 is 2.40 bits per heavy atom. The Labute approximate surface area is 82.6 Å². The standard InChI is InChI=1S/C6H10O3.Na/c1-4-8-9-6(7)5(2)3;/h2,4H2,1,3H3;. The van der Waals surface area contributed by atoms with Crippen molar-refractivity contribution < 1.29 is 14.6 Å². The van der Waals surface area contributed by atoms with Crippen LogP contribution in [0.5, 0.6) is 0 Å². The van der Waals surface area contributed by atoms with Crippen LogP contribution in [0, 0.1) is 0 Å². The van der Waals surface area contributed by atoms with Crippen molar-refractivity contribution in [1.82, 2.24) is 0 Å². The molecule has 0 aliphatic heterocycles. The Morgan fingerprint density at radius 1 is 1.60 bits per heavy atom. The van der Waals surface area contributed by atoms with E-state index in [9.17, 15) is 4.79 Å². The second kappa shape index (κ2) is 7.28. The Morgan fingerprint density at radius 2 is 2.10 bits per heavy atom.